The van der Waals surface area contributed by atoms with Crippen LogP contribution in [0, 0.1) is 0 Å². The van der Waals surface area contributed by atoms with Crippen LogP contribution in [0.2, 0.25) is 0 Å². The number of aliphatic hydroxyl groups excluding tert-OH is 4. The van der Waals surface area contributed by atoms with E-state index < -0.39 is 34.0 Å². The van der Waals surface area contributed by atoms with Crippen molar-refractivity contribution in [3.05, 3.63) is 11.3 Å². The number of hydrogen-bond donors (Lipinski definition) is 5. The highest BCUT2D eigenvalue weighted by Crippen LogP contribution is 2.37. The molecular weight excluding hydrogens is 331 g/mol. The average molecular weight is 346 g/mol. The second kappa shape index (κ2) is 4.75. The zero-order chi connectivity index (χ0) is 12.7. The summed E-state index contributed by atoms with van der Waals surface area (Å²) in [5, 5.41) is 48.0. The molecule has 7 heteroatoms. The van der Waals surface area contributed by atoms with Gasteiger partial charge in [-0.3, -0.25) is 0 Å². The molecule has 1 rings (SSSR count). The van der Waals surface area contributed by atoms with Crippen molar-refractivity contribution in [1.82, 2.24) is 0 Å². The van der Waals surface area contributed by atoms with Crippen LogP contribution < -0.4 is 0 Å². The van der Waals surface area contributed by atoms with Crippen molar-refractivity contribution in [2.75, 3.05) is 0 Å². The minimum Gasteiger partial charge on any atom is -0.507 e. The Bertz CT molecular complexity index is 300. The molecule has 1 saturated heterocycles. The SMILES string of the molecule is CC(C)=C(O)C1(O)O[C@H](C(O)I)[C@@H](O)[C@H]1O. The molecule has 5 atom stereocenters. The zero-order valence-corrected chi connectivity index (χ0v) is 11.0. The third kappa shape index (κ3) is 2.20. The molecule has 2 unspecified atom stereocenters. The highest BCUT2D eigenvalue weighted by molar-refractivity contribution is 14.1. The molecule has 0 radical (unpaired) electrons. The minimum absolute atomic E-state index is 0.345. The molecule has 94 valence electrons. The molecule has 6 nitrogen and oxygen atoms in total. The van der Waals surface area contributed by atoms with Crippen molar-refractivity contribution in [3.8, 4) is 0 Å². The lowest BCUT2D eigenvalue weighted by molar-refractivity contribution is -0.222. The topological polar surface area (TPSA) is 110 Å². The molecule has 0 bridgehead atoms. The van der Waals surface area contributed by atoms with Crippen molar-refractivity contribution in [2.24, 2.45) is 0 Å². The van der Waals surface area contributed by atoms with Gasteiger partial charge in [-0.25, -0.2) is 0 Å². The standard InChI is InChI=1S/C9H15IO6/c1-3(2)6(12)9(15)7(13)4(11)5(16-9)8(10)14/h4-5,7-8,11-15H,1-2H3/t4-,5+,7-,8?,9?/m1/s1. The summed E-state index contributed by atoms with van der Waals surface area (Å²) >= 11 is 1.58. The fraction of sp³-hybridized carbons (Fsp3) is 0.778. The number of alkyl halides is 1. The van der Waals surface area contributed by atoms with Gasteiger partial charge in [0.2, 0.25) is 0 Å². The Balaban J connectivity index is 3.06. The van der Waals surface area contributed by atoms with Gasteiger partial charge < -0.3 is 30.3 Å². The summed E-state index contributed by atoms with van der Waals surface area (Å²) in [7, 11) is 0. The smallest absolute Gasteiger partial charge is 0.255 e. The summed E-state index contributed by atoms with van der Waals surface area (Å²) in [6.07, 6.45) is -4.35. The quantitative estimate of drug-likeness (QED) is 0.260. The zero-order valence-electron chi connectivity index (χ0n) is 8.83. The first kappa shape index (κ1) is 14.1. The number of rotatable bonds is 2. The van der Waals surface area contributed by atoms with Gasteiger partial charge in [0.15, 0.2) is 5.76 Å². The van der Waals surface area contributed by atoms with Crippen LogP contribution in [0.15, 0.2) is 11.3 Å². The highest BCUT2D eigenvalue weighted by atomic mass is 127. The maximum absolute atomic E-state index is 9.93. The van der Waals surface area contributed by atoms with Crippen molar-refractivity contribution >= 4 is 22.6 Å². The van der Waals surface area contributed by atoms with Crippen molar-refractivity contribution in [2.45, 2.75) is 42.1 Å². The summed E-state index contributed by atoms with van der Waals surface area (Å²) in [5.41, 5.74) is 0.345. The number of aliphatic hydroxyl groups is 5. The molecule has 1 aliphatic rings. The van der Waals surface area contributed by atoms with E-state index in [1.54, 1.807) is 22.6 Å². The predicted molar refractivity (Wildman–Crippen MR) is 62.9 cm³/mol. The van der Waals surface area contributed by atoms with Gasteiger partial charge in [0.1, 0.15) is 22.4 Å². The normalized spacial score (nSPS) is 40.8. The van der Waals surface area contributed by atoms with Gasteiger partial charge in [-0.15, -0.1) is 0 Å². The number of ether oxygens (including phenoxy) is 1. The number of halogens is 1. The van der Waals surface area contributed by atoms with Gasteiger partial charge in [0.05, 0.1) is 0 Å². The Kier molecular flexibility index (Phi) is 4.19. The van der Waals surface area contributed by atoms with Gasteiger partial charge in [-0.05, 0) is 42.0 Å². The lowest BCUT2D eigenvalue weighted by Gasteiger charge is -2.26. The first-order chi connectivity index (χ1) is 7.21. The van der Waals surface area contributed by atoms with E-state index in [-0.39, 0.29) is 0 Å². The maximum atomic E-state index is 9.93. The van der Waals surface area contributed by atoms with E-state index in [9.17, 15) is 25.5 Å². The Morgan fingerprint density at radius 3 is 2.19 bits per heavy atom. The van der Waals surface area contributed by atoms with Gasteiger partial charge in [0, 0.05) is 0 Å². The van der Waals surface area contributed by atoms with E-state index in [0.29, 0.717) is 5.57 Å². The fourth-order valence-electron chi connectivity index (χ4n) is 1.53. The fourth-order valence-corrected chi connectivity index (χ4v) is 2.10. The Labute approximate surface area is 106 Å². The highest BCUT2D eigenvalue weighted by Gasteiger charge is 2.57. The average Bonchev–Trinajstić information content (AvgIpc) is 2.43. The molecule has 0 amide bonds. The van der Waals surface area contributed by atoms with Crippen molar-refractivity contribution < 1.29 is 30.3 Å². The maximum Gasteiger partial charge on any atom is 0.255 e. The van der Waals surface area contributed by atoms with E-state index in [0.717, 1.165) is 0 Å². The van der Waals surface area contributed by atoms with Gasteiger partial charge in [0.25, 0.3) is 5.79 Å². The van der Waals surface area contributed by atoms with Crippen LogP contribution >= 0.6 is 22.6 Å². The predicted octanol–water partition coefficient (Wildman–Crippen LogP) is -0.599. The molecule has 5 N–H and O–H groups in total. The molecule has 1 aliphatic heterocycles. The molecular formula is C9H15IO6. The van der Waals surface area contributed by atoms with Crippen LogP contribution in [0.3, 0.4) is 0 Å². The summed E-state index contributed by atoms with van der Waals surface area (Å²) in [6.45, 7) is 3.03. The van der Waals surface area contributed by atoms with Gasteiger partial charge in [-0.1, -0.05) is 0 Å². The lowest BCUT2D eigenvalue weighted by Crippen LogP contribution is -2.45. The summed E-state index contributed by atoms with van der Waals surface area (Å²) in [4.78, 5) is 0. The van der Waals surface area contributed by atoms with Gasteiger partial charge in [-0.2, -0.15) is 0 Å². The third-order valence-corrected chi connectivity index (χ3v) is 3.17. The molecule has 0 aliphatic carbocycles. The van der Waals surface area contributed by atoms with Crippen molar-refractivity contribution in [3.63, 3.8) is 0 Å². The third-order valence-electron chi connectivity index (χ3n) is 2.46. The van der Waals surface area contributed by atoms with E-state index in [1.807, 2.05) is 0 Å². The van der Waals surface area contributed by atoms with Crippen LogP contribution in [0.1, 0.15) is 13.8 Å². The summed E-state index contributed by atoms with van der Waals surface area (Å²) in [6, 6.07) is 0. The summed E-state index contributed by atoms with van der Waals surface area (Å²) in [5.74, 6) is -2.92. The van der Waals surface area contributed by atoms with Crippen LogP contribution in [-0.2, 0) is 4.74 Å². The lowest BCUT2D eigenvalue weighted by atomic mass is 10.0. The molecule has 16 heavy (non-hydrogen) atoms. The molecule has 0 aromatic rings. The minimum atomic E-state index is -2.37. The number of allylic oxidation sites excluding steroid dienone is 1. The van der Waals surface area contributed by atoms with E-state index in [4.69, 9.17) is 4.74 Å². The molecule has 0 saturated carbocycles. The van der Waals surface area contributed by atoms with Crippen molar-refractivity contribution in [1.29, 1.82) is 0 Å². The molecule has 0 aromatic heterocycles. The van der Waals surface area contributed by atoms with E-state index >= 15 is 0 Å². The summed E-state index contributed by atoms with van der Waals surface area (Å²) < 4.78 is 3.84. The first-order valence-corrected chi connectivity index (χ1v) is 5.91. The van der Waals surface area contributed by atoms with Crippen LogP contribution in [-0.4, -0.2) is 53.7 Å². The largest absolute Gasteiger partial charge is 0.507 e. The van der Waals surface area contributed by atoms with Crippen LogP contribution in [0.5, 0.6) is 0 Å². The Morgan fingerprint density at radius 2 is 1.88 bits per heavy atom. The van der Waals surface area contributed by atoms with E-state index in [2.05, 4.69) is 0 Å². The number of hydrogen-bond acceptors (Lipinski definition) is 6. The monoisotopic (exact) mass is 346 g/mol. The van der Waals surface area contributed by atoms with Crippen LogP contribution in [0.4, 0.5) is 0 Å². The Hall–Kier alpha value is 0.0700. The Morgan fingerprint density at radius 1 is 1.38 bits per heavy atom. The molecule has 0 aromatic carbocycles. The first-order valence-electron chi connectivity index (χ1n) is 4.67. The second-order valence-electron chi connectivity index (χ2n) is 3.94. The second-order valence-corrected chi connectivity index (χ2v) is 5.21. The molecule has 1 fully saturated rings. The van der Waals surface area contributed by atoms with Crippen LogP contribution in [0.25, 0.3) is 0 Å². The molecule has 1 heterocycles. The van der Waals surface area contributed by atoms with E-state index in [1.165, 1.54) is 13.8 Å². The molecule has 0 spiro atoms. The van der Waals surface area contributed by atoms with Gasteiger partial charge >= 0.3 is 0 Å².